The van der Waals surface area contributed by atoms with Crippen LogP contribution in [0, 0.1) is 11.8 Å². The van der Waals surface area contributed by atoms with Gasteiger partial charge in [-0.3, -0.25) is 0 Å². The molecule has 13 atom stereocenters. The van der Waals surface area contributed by atoms with Gasteiger partial charge in [0.1, 0.15) is 110 Å². The van der Waals surface area contributed by atoms with E-state index in [1.807, 2.05) is 106 Å². The average Bonchev–Trinajstić information content (AvgIpc) is 1.77. The van der Waals surface area contributed by atoms with Crippen LogP contribution in [-0.2, 0) is 88.7 Å². The van der Waals surface area contributed by atoms with E-state index in [-0.39, 0.29) is 44.3 Å². The largest absolute Gasteiger partial charge is 0.494 e. The Bertz CT molecular complexity index is 2530. The first-order valence-electron chi connectivity index (χ1n) is 35.1. The first-order chi connectivity index (χ1) is 46.5. The number of benzene rings is 2. The van der Waals surface area contributed by atoms with Crippen LogP contribution >= 0.6 is 46.0 Å². The Morgan fingerprint density at radius 2 is 0.833 bits per heavy atom. The molecule has 8 fully saturated rings. The number of fused-ring (bicyclic) bond motifs is 2. The van der Waals surface area contributed by atoms with E-state index in [2.05, 4.69) is 38.1 Å². The maximum absolute atomic E-state index is 6.91. The maximum atomic E-state index is 6.91. The van der Waals surface area contributed by atoms with Crippen LogP contribution in [0.15, 0.2) is 48.5 Å². The summed E-state index contributed by atoms with van der Waals surface area (Å²) in [5.74, 6) is 2.62. The van der Waals surface area contributed by atoms with Gasteiger partial charge in [-0.2, -0.15) is 8.11 Å². The van der Waals surface area contributed by atoms with Gasteiger partial charge in [-0.25, -0.2) is 3.17 Å². The third-order valence-corrected chi connectivity index (χ3v) is 19.3. The lowest BCUT2D eigenvalue weighted by Gasteiger charge is -2.36. The molecule has 13 unspecified atom stereocenters. The molecular formula is C66H111I2N8O20+3. The molecule has 30 heteroatoms. The van der Waals surface area contributed by atoms with Crippen LogP contribution in [0.5, 0.6) is 11.5 Å². The van der Waals surface area contributed by atoms with Gasteiger partial charge in [-0.15, -0.1) is 10.1 Å². The monoisotopic (exact) mass is 1590 g/mol. The molecule has 6 saturated heterocycles. The van der Waals surface area contributed by atoms with Crippen LogP contribution in [0.25, 0.3) is 0 Å². The van der Waals surface area contributed by atoms with E-state index < -0.39 is 0 Å². The number of epoxide rings is 6. The summed E-state index contributed by atoms with van der Waals surface area (Å²) in [6.45, 7) is 16.8. The molecular weight excluding hydrogens is 1480 g/mol. The molecule has 0 radical (unpaired) electrons. The highest BCUT2D eigenvalue weighted by Crippen LogP contribution is 2.42. The molecule has 2 saturated carbocycles. The van der Waals surface area contributed by atoms with Gasteiger partial charge >= 0.3 is 0 Å². The number of ether oxygens (including phenoxy) is 12. The van der Waals surface area contributed by atoms with Crippen LogP contribution < -0.4 is 9.47 Å². The van der Waals surface area contributed by atoms with E-state index in [9.17, 15) is 0 Å². The number of hydrogen-bond acceptors (Lipinski definition) is 25. The quantitative estimate of drug-likeness (QED) is 0.0199. The summed E-state index contributed by atoms with van der Waals surface area (Å²) in [5.41, 5.74) is 2.00. The topological polar surface area (TPSA) is 221 Å². The summed E-state index contributed by atoms with van der Waals surface area (Å²) in [5, 5.41) is 8.01. The zero-order valence-corrected chi connectivity index (χ0v) is 62.2. The molecule has 28 nitrogen and oxygen atoms in total. The normalized spacial score (nSPS) is 26.8. The highest BCUT2D eigenvalue weighted by Gasteiger charge is 2.48. The molecule has 546 valence electrons. The summed E-state index contributed by atoms with van der Waals surface area (Å²) in [6, 6.07) is 16.7. The van der Waals surface area contributed by atoms with Crippen molar-refractivity contribution in [2.45, 2.75) is 158 Å². The summed E-state index contributed by atoms with van der Waals surface area (Å²) < 4.78 is 80.8. The predicted octanol–water partition coefficient (Wildman–Crippen LogP) is 8.44. The van der Waals surface area contributed by atoms with E-state index in [1.54, 1.807) is 10.1 Å². The first-order valence-corrected chi connectivity index (χ1v) is 36.9. The van der Waals surface area contributed by atoms with Crippen molar-refractivity contribution in [3.05, 3.63) is 59.7 Å². The second kappa shape index (κ2) is 38.8. The lowest BCUT2D eigenvalue weighted by molar-refractivity contribution is -1.47. The summed E-state index contributed by atoms with van der Waals surface area (Å²) in [7, 11) is 9.45. The van der Waals surface area contributed by atoms with Crippen molar-refractivity contribution in [1.29, 1.82) is 0 Å². The van der Waals surface area contributed by atoms with E-state index in [4.69, 9.17) is 92.8 Å². The van der Waals surface area contributed by atoms with Crippen molar-refractivity contribution in [3.8, 4) is 11.5 Å². The molecule has 0 aromatic heterocycles. The van der Waals surface area contributed by atoms with Crippen LogP contribution in [0.4, 0.5) is 0 Å². The van der Waals surface area contributed by atoms with Crippen LogP contribution in [0.2, 0.25) is 0 Å². The molecule has 6 aliphatic heterocycles. The zero-order chi connectivity index (χ0) is 67.2. The summed E-state index contributed by atoms with van der Waals surface area (Å²) in [4.78, 5) is 38.9. The summed E-state index contributed by atoms with van der Waals surface area (Å²) >= 11 is 3.75. The minimum absolute atomic E-state index is 0.182. The molecule has 0 amide bonds. The van der Waals surface area contributed by atoms with E-state index >= 15 is 0 Å². The molecule has 6 heterocycles. The second-order valence-corrected chi connectivity index (χ2v) is 28.5. The van der Waals surface area contributed by atoms with Crippen molar-refractivity contribution in [2.75, 3.05) is 180 Å². The van der Waals surface area contributed by atoms with Crippen molar-refractivity contribution in [2.24, 2.45) is 11.8 Å². The Labute approximate surface area is 596 Å². The second-order valence-electron chi connectivity index (χ2n) is 27.7. The summed E-state index contributed by atoms with van der Waals surface area (Å²) in [6.07, 6.45) is 14.9. The molecule has 10 rings (SSSR count). The first kappa shape index (κ1) is 77.1. The van der Waals surface area contributed by atoms with Crippen molar-refractivity contribution >= 4 is 46.0 Å². The number of rotatable bonds is 56. The number of halogens is 2. The Morgan fingerprint density at radius 1 is 0.448 bits per heavy atom. The van der Waals surface area contributed by atoms with Crippen molar-refractivity contribution in [3.63, 3.8) is 0 Å². The lowest BCUT2D eigenvalue weighted by Crippen LogP contribution is -2.61. The molecule has 2 aromatic carbocycles. The Morgan fingerprint density at radius 3 is 1.27 bits per heavy atom. The van der Waals surface area contributed by atoms with Gasteiger partial charge in [0.05, 0.1) is 135 Å². The van der Waals surface area contributed by atoms with Crippen molar-refractivity contribution < 1.29 is 107 Å². The molecule has 0 N–H and O–H groups in total. The Balaban J connectivity index is 0.686. The van der Waals surface area contributed by atoms with Gasteiger partial charge in [0.15, 0.2) is 13.1 Å². The molecule has 2 aliphatic carbocycles. The fraction of sp³-hybridized carbons (Fsp3) is 0.818. The fourth-order valence-electron chi connectivity index (χ4n) is 12.4. The van der Waals surface area contributed by atoms with Crippen LogP contribution in [-0.4, -0.2) is 269 Å². The highest BCUT2D eigenvalue weighted by atomic mass is 127. The van der Waals surface area contributed by atoms with Gasteiger partial charge in [-0.1, -0.05) is 48.0 Å². The number of quaternary nitrogens is 3. The van der Waals surface area contributed by atoms with Gasteiger partial charge < -0.3 is 56.8 Å². The fourth-order valence-corrected chi connectivity index (χ4v) is 12.9. The Kier molecular flexibility index (Phi) is 31.2. The number of nitrogens with zero attached hydrogens (tertiary/aromatic N) is 8. The Hall–Kier alpha value is -1.54. The van der Waals surface area contributed by atoms with Crippen LogP contribution in [0.1, 0.15) is 115 Å². The van der Waals surface area contributed by atoms with Gasteiger partial charge in [-0.05, 0) is 138 Å². The van der Waals surface area contributed by atoms with Crippen molar-refractivity contribution in [1.82, 2.24) is 25.8 Å². The van der Waals surface area contributed by atoms with E-state index in [0.29, 0.717) is 187 Å². The zero-order valence-electron chi connectivity index (χ0n) is 57.8. The molecule has 2 aromatic rings. The standard InChI is InChI=1S/C66H111I2N8O20/c1-66(2,55-18-22-57(23-19-55)82-41-10-30-73(91-71(89-67)31-26-52-14-24-62-64(42-52)87-62)95-74(5,33-11-37-78-45-59-49-84-59)92-69(3)28-8-36-77-44-58-48-83-58)54-16-20-56(21-17-54)81-40-9-29-70(4)93-75(6,34-12-38-79-46-60-50-85-60)96-76(7,35-13-39-80-47-61-51-86-61)94-72(90-68)32-27-53-15-25-63-65(43-53)88-63/h16-23,52-53,58-65H,8-15,24-51H2,1-7H3/q+3. The smallest absolute Gasteiger partial charge is 0.152 e. The lowest BCUT2D eigenvalue weighted by atomic mass is 9.78. The maximum Gasteiger partial charge on any atom is 0.152 e. The molecule has 8 aliphatic rings. The number of hydrogen-bond donors (Lipinski definition) is 0. The minimum atomic E-state index is -0.307. The average molecular weight is 1590 g/mol. The van der Waals surface area contributed by atoms with Gasteiger partial charge in [0.2, 0.25) is 0 Å². The van der Waals surface area contributed by atoms with Gasteiger partial charge in [0, 0.05) is 78.5 Å². The van der Waals surface area contributed by atoms with E-state index in [1.165, 1.54) is 15.7 Å². The van der Waals surface area contributed by atoms with Gasteiger partial charge in [0.25, 0.3) is 0 Å². The minimum Gasteiger partial charge on any atom is -0.494 e. The predicted molar refractivity (Wildman–Crippen MR) is 362 cm³/mol. The third kappa shape index (κ3) is 28.3. The highest BCUT2D eigenvalue weighted by molar-refractivity contribution is 14.1. The SMILES string of the molecule is CN(CCCOCC1CO1)O[N+](C)(CCCOCC1CO1)ON(CCCOc1ccc(C(C)(C)c2ccc(OCCCN(C)O[N+](C)(CCCOCC3CO3)O[N+](C)(CCCOCC3CO3)ON(CCC3CCC4OC4C3)OI)cc2)cc1)ON(CCC1CCC2OC2C1)OI. The molecule has 96 heavy (non-hydrogen) atoms. The van der Waals surface area contributed by atoms with Crippen LogP contribution in [0.3, 0.4) is 0 Å². The van der Waals surface area contributed by atoms with E-state index in [0.717, 1.165) is 107 Å². The third-order valence-electron chi connectivity index (χ3n) is 18.4. The molecule has 0 bridgehead atoms. The number of hydroxylamine groups is 22. The molecule has 0 spiro atoms.